The van der Waals surface area contributed by atoms with Gasteiger partial charge in [0.05, 0.1) is 12.2 Å². The van der Waals surface area contributed by atoms with Gasteiger partial charge >= 0.3 is 0 Å². The first-order valence-electron chi connectivity index (χ1n) is 8.65. The molecule has 0 radical (unpaired) electrons. The van der Waals surface area contributed by atoms with Gasteiger partial charge in [0.25, 0.3) is 0 Å². The van der Waals surface area contributed by atoms with Crippen molar-refractivity contribution in [3.63, 3.8) is 0 Å². The summed E-state index contributed by atoms with van der Waals surface area (Å²) < 4.78 is 12.9. The fourth-order valence-corrected chi connectivity index (χ4v) is 3.53. The van der Waals surface area contributed by atoms with Crippen LogP contribution in [0.5, 0.6) is 0 Å². The highest BCUT2D eigenvalue weighted by Crippen LogP contribution is 2.19. The van der Waals surface area contributed by atoms with Crippen molar-refractivity contribution in [1.29, 1.82) is 0 Å². The highest BCUT2D eigenvalue weighted by Gasteiger charge is 2.17. The van der Waals surface area contributed by atoms with E-state index in [2.05, 4.69) is 5.32 Å². The molecular weight excluding hydrogens is 351 g/mol. The molecule has 0 aliphatic carbocycles. The SMILES string of the molecule is O=C(CSc1ccc(F)cc1)Nc1ccc(CC(=O)N2CCCC2)cc1. The summed E-state index contributed by atoms with van der Waals surface area (Å²) in [4.78, 5) is 26.9. The van der Waals surface area contributed by atoms with E-state index in [1.807, 2.05) is 29.2 Å². The molecule has 6 heteroatoms. The van der Waals surface area contributed by atoms with E-state index in [1.165, 1.54) is 23.9 Å². The smallest absolute Gasteiger partial charge is 0.234 e. The van der Waals surface area contributed by atoms with Crippen LogP contribution in [-0.2, 0) is 16.0 Å². The summed E-state index contributed by atoms with van der Waals surface area (Å²) in [6.45, 7) is 1.72. The Bertz CT molecular complexity index is 756. The van der Waals surface area contributed by atoms with E-state index >= 15 is 0 Å². The van der Waals surface area contributed by atoms with Crippen LogP contribution in [0.2, 0.25) is 0 Å². The number of hydrogen-bond donors (Lipinski definition) is 1. The van der Waals surface area contributed by atoms with Crippen LogP contribution in [0.1, 0.15) is 18.4 Å². The summed E-state index contributed by atoms with van der Waals surface area (Å²) in [5, 5.41) is 2.83. The first-order chi connectivity index (χ1) is 12.6. The van der Waals surface area contributed by atoms with E-state index in [0.717, 1.165) is 36.4 Å². The fraction of sp³-hybridized carbons (Fsp3) is 0.300. The zero-order chi connectivity index (χ0) is 18.4. The molecule has 0 aromatic heterocycles. The van der Waals surface area contributed by atoms with Crippen LogP contribution < -0.4 is 5.32 Å². The number of benzene rings is 2. The number of amides is 2. The van der Waals surface area contributed by atoms with Crippen LogP contribution in [0.25, 0.3) is 0 Å². The van der Waals surface area contributed by atoms with Crippen LogP contribution in [-0.4, -0.2) is 35.6 Å². The first-order valence-corrected chi connectivity index (χ1v) is 9.64. The van der Waals surface area contributed by atoms with Crippen molar-refractivity contribution in [3.8, 4) is 0 Å². The monoisotopic (exact) mass is 372 g/mol. The molecule has 0 atom stereocenters. The summed E-state index contributed by atoms with van der Waals surface area (Å²) in [5.41, 5.74) is 1.65. The molecule has 2 aromatic rings. The number of carbonyl (C=O) groups excluding carboxylic acids is 2. The lowest BCUT2D eigenvalue weighted by Crippen LogP contribution is -2.29. The quantitative estimate of drug-likeness (QED) is 0.786. The maximum atomic E-state index is 12.9. The number of thioether (sulfide) groups is 1. The number of carbonyl (C=O) groups is 2. The summed E-state index contributed by atoms with van der Waals surface area (Å²) >= 11 is 1.35. The van der Waals surface area contributed by atoms with Gasteiger partial charge in [0, 0.05) is 23.7 Å². The third-order valence-corrected chi connectivity index (χ3v) is 5.25. The van der Waals surface area contributed by atoms with Gasteiger partial charge in [0.1, 0.15) is 5.82 Å². The number of nitrogens with one attached hydrogen (secondary N) is 1. The van der Waals surface area contributed by atoms with Gasteiger partial charge in [-0.2, -0.15) is 0 Å². The molecule has 0 bridgehead atoms. The highest BCUT2D eigenvalue weighted by molar-refractivity contribution is 8.00. The molecule has 1 heterocycles. The Labute approximate surface area is 156 Å². The third kappa shape index (κ3) is 5.33. The van der Waals surface area contributed by atoms with Crippen molar-refractivity contribution >= 4 is 29.3 Å². The van der Waals surface area contributed by atoms with Crippen molar-refractivity contribution in [2.45, 2.75) is 24.2 Å². The van der Waals surface area contributed by atoms with Gasteiger partial charge in [-0.1, -0.05) is 12.1 Å². The molecule has 0 saturated carbocycles. The van der Waals surface area contributed by atoms with E-state index in [1.54, 1.807) is 12.1 Å². The highest BCUT2D eigenvalue weighted by atomic mass is 32.2. The predicted octanol–water partition coefficient (Wildman–Crippen LogP) is 3.72. The number of nitrogens with zero attached hydrogens (tertiary/aromatic N) is 1. The second-order valence-electron chi connectivity index (χ2n) is 6.25. The van der Waals surface area contributed by atoms with Crippen LogP contribution in [0.4, 0.5) is 10.1 Å². The lowest BCUT2D eigenvalue weighted by molar-refractivity contribution is -0.129. The molecule has 1 saturated heterocycles. The molecule has 1 fully saturated rings. The minimum Gasteiger partial charge on any atom is -0.342 e. The summed E-state index contributed by atoms with van der Waals surface area (Å²) in [5.74, 6) is -0.00167. The van der Waals surface area contributed by atoms with E-state index < -0.39 is 0 Å². The van der Waals surface area contributed by atoms with Gasteiger partial charge in [0.2, 0.25) is 11.8 Å². The second-order valence-corrected chi connectivity index (χ2v) is 7.30. The number of likely N-dealkylation sites (tertiary alicyclic amines) is 1. The van der Waals surface area contributed by atoms with Crippen LogP contribution >= 0.6 is 11.8 Å². The molecule has 136 valence electrons. The minimum absolute atomic E-state index is 0.125. The summed E-state index contributed by atoms with van der Waals surface area (Å²) in [6.07, 6.45) is 2.58. The van der Waals surface area contributed by atoms with Crippen molar-refractivity contribution in [3.05, 3.63) is 59.9 Å². The minimum atomic E-state index is -0.290. The van der Waals surface area contributed by atoms with Gasteiger partial charge in [-0.3, -0.25) is 9.59 Å². The first kappa shape index (κ1) is 18.5. The summed E-state index contributed by atoms with van der Waals surface area (Å²) in [7, 11) is 0. The zero-order valence-corrected chi connectivity index (χ0v) is 15.2. The topological polar surface area (TPSA) is 49.4 Å². The molecule has 0 spiro atoms. The Balaban J connectivity index is 1.46. The van der Waals surface area contributed by atoms with Crippen LogP contribution in [0, 0.1) is 5.82 Å². The molecule has 2 amide bonds. The van der Waals surface area contributed by atoms with Crippen LogP contribution in [0.3, 0.4) is 0 Å². The van der Waals surface area contributed by atoms with E-state index in [9.17, 15) is 14.0 Å². The van der Waals surface area contributed by atoms with Crippen molar-refractivity contribution in [2.24, 2.45) is 0 Å². The Morgan fingerprint density at radius 3 is 2.31 bits per heavy atom. The second kappa shape index (κ2) is 8.85. The molecule has 26 heavy (non-hydrogen) atoms. The number of anilines is 1. The largest absolute Gasteiger partial charge is 0.342 e. The standard InChI is InChI=1S/C20H21FN2O2S/c21-16-5-9-18(10-6-16)26-14-19(24)22-17-7-3-15(4-8-17)13-20(25)23-11-1-2-12-23/h3-10H,1-2,11-14H2,(H,22,24). The maximum Gasteiger partial charge on any atom is 0.234 e. The number of halogens is 1. The van der Waals surface area contributed by atoms with Crippen LogP contribution in [0.15, 0.2) is 53.4 Å². The van der Waals surface area contributed by atoms with Gasteiger partial charge in [-0.05, 0) is 54.8 Å². The average molecular weight is 372 g/mol. The Hall–Kier alpha value is -2.34. The zero-order valence-electron chi connectivity index (χ0n) is 14.4. The van der Waals surface area contributed by atoms with E-state index in [0.29, 0.717) is 12.1 Å². The van der Waals surface area contributed by atoms with E-state index in [-0.39, 0.29) is 23.4 Å². The van der Waals surface area contributed by atoms with E-state index in [4.69, 9.17) is 0 Å². The molecular formula is C20H21FN2O2S. The maximum absolute atomic E-state index is 12.9. The molecule has 1 N–H and O–H groups in total. The molecule has 1 aliphatic rings. The Kier molecular flexibility index (Phi) is 6.28. The fourth-order valence-electron chi connectivity index (χ4n) is 2.84. The lowest BCUT2D eigenvalue weighted by Gasteiger charge is -2.15. The summed E-state index contributed by atoms with van der Waals surface area (Å²) in [6, 6.07) is 13.4. The Morgan fingerprint density at radius 2 is 1.65 bits per heavy atom. The Morgan fingerprint density at radius 1 is 1.00 bits per heavy atom. The third-order valence-electron chi connectivity index (χ3n) is 4.24. The van der Waals surface area contributed by atoms with Crippen molar-refractivity contribution in [2.75, 3.05) is 24.2 Å². The van der Waals surface area contributed by atoms with Crippen molar-refractivity contribution < 1.29 is 14.0 Å². The average Bonchev–Trinajstić information content (AvgIpc) is 3.18. The number of rotatable bonds is 6. The molecule has 2 aromatic carbocycles. The predicted molar refractivity (Wildman–Crippen MR) is 102 cm³/mol. The lowest BCUT2D eigenvalue weighted by atomic mass is 10.1. The molecule has 1 aliphatic heterocycles. The molecule has 4 nitrogen and oxygen atoms in total. The molecule has 3 rings (SSSR count). The van der Waals surface area contributed by atoms with Gasteiger partial charge in [-0.25, -0.2) is 4.39 Å². The van der Waals surface area contributed by atoms with Crippen molar-refractivity contribution in [1.82, 2.24) is 4.90 Å². The van der Waals surface area contributed by atoms with Gasteiger partial charge in [0.15, 0.2) is 0 Å². The number of hydrogen-bond acceptors (Lipinski definition) is 3. The van der Waals surface area contributed by atoms with Gasteiger partial charge < -0.3 is 10.2 Å². The normalized spacial score (nSPS) is 13.7. The molecule has 0 unspecified atom stereocenters. The van der Waals surface area contributed by atoms with Gasteiger partial charge in [-0.15, -0.1) is 11.8 Å².